The van der Waals surface area contributed by atoms with Crippen LogP contribution in [0, 0.1) is 0 Å². The molecular weight excluding hydrogens is 388 g/mol. The van der Waals surface area contributed by atoms with Crippen LogP contribution in [-0.4, -0.2) is 55.3 Å². The molecule has 0 aliphatic carbocycles. The molecule has 1 aliphatic rings. The molecule has 1 N–H and O–H groups in total. The standard InChI is InChI=1S/C21H28N4O3S/c1-15(2)22-20(26)17-6-4-5-16(11-17)14-29-21-23-18(13-27-3)12-19(24-21)25-7-9-28-10-8-25/h4-6,11-12,15H,7-10,13-14H2,1-3H3,(H,22,26). The highest BCUT2D eigenvalue weighted by Crippen LogP contribution is 2.24. The third kappa shape index (κ3) is 6.42. The molecule has 1 amide bonds. The maximum atomic E-state index is 12.2. The third-order valence-corrected chi connectivity index (χ3v) is 5.27. The van der Waals surface area contributed by atoms with Crippen LogP contribution in [-0.2, 0) is 21.8 Å². The number of ether oxygens (including phenoxy) is 2. The quantitative estimate of drug-likeness (QED) is 0.524. The van der Waals surface area contributed by atoms with Gasteiger partial charge in [0.15, 0.2) is 5.16 Å². The van der Waals surface area contributed by atoms with Crippen LogP contribution in [0.15, 0.2) is 35.5 Å². The van der Waals surface area contributed by atoms with Gasteiger partial charge in [-0.05, 0) is 31.5 Å². The van der Waals surface area contributed by atoms with Gasteiger partial charge in [0, 0.05) is 43.6 Å². The summed E-state index contributed by atoms with van der Waals surface area (Å²) in [6, 6.07) is 9.77. The lowest BCUT2D eigenvalue weighted by molar-refractivity contribution is 0.0943. The van der Waals surface area contributed by atoms with Crippen molar-refractivity contribution in [3.05, 3.63) is 47.2 Å². The highest BCUT2D eigenvalue weighted by Gasteiger charge is 2.15. The van der Waals surface area contributed by atoms with E-state index >= 15 is 0 Å². The molecule has 1 aliphatic heterocycles. The summed E-state index contributed by atoms with van der Waals surface area (Å²) in [6.45, 7) is 7.40. The van der Waals surface area contributed by atoms with E-state index in [1.807, 2.05) is 44.2 Å². The molecule has 2 aromatic rings. The predicted octanol–water partition coefficient (Wildman–Crippen LogP) is 2.89. The number of nitrogens with zero attached hydrogens (tertiary/aromatic N) is 3. The Labute approximate surface area is 176 Å². The third-order valence-electron chi connectivity index (χ3n) is 4.35. The molecule has 1 saturated heterocycles. The van der Waals surface area contributed by atoms with E-state index in [1.165, 1.54) is 0 Å². The Morgan fingerprint density at radius 3 is 2.79 bits per heavy atom. The van der Waals surface area contributed by atoms with Crippen molar-refractivity contribution >= 4 is 23.5 Å². The minimum Gasteiger partial charge on any atom is -0.378 e. The summed E-state index contributed by atoms with van der Waals surface area (Å²) < 4.78 is 10.7. The first-order valence-corrected chi connectivity index (χ1v) is 10.8. The van der Waals surface area contributed by atoms with E-state index in [1.54, 1.807) is 18.9 Å². The van der Waals surface area contributed by atoms with Crippen LogP contribution >= 0.6 is 11.8 Å². The van der Waals surface area contributed by atoms with Crippen LogP contribution in [0.4, 0.5) is 5.82 Å². The summed E-state index contributed by atoms with van der Waals surface area (Å²) >= 11 is 1.56. The Kier molecular flexibility index (Phi) is 7.85. The summed E-state index contributed by atoms with van der Waals surface area (Å²) in [5, 5.41) is 3.63. The van der Waals surface area contributed by atoms with Crippen molar-refractivity contribution in [2.75, 3.05) is 38.3 Å². The fourth-order valence-electron chi connectivity index (χ4n) is 3.00. The summed E-state index contributed by atoms with van der Waals surface area (Å²) in [5.74, 6) is 1.53. The van der Waals surface area contributed by atoms with E-state index < -0.39 is 0 Å². The van der Waals surface area contributed by atoms with Crippen LogP contribution in [0.2, 0.25) is 0 Å². The lowest BCUT2D eigenvalue weighted by atomic mass is 10.1. The fraction of sp³-hybridized carbons (Fsp3) is 0.476. The number of hydrogen-bond donors (Lipinski definition) is 1. The molecule has 0 saturated carbocycles. The second-order valence-electron chi connectivity index (χ2n) is 7.15. The van der Waals surface area contributed by atoms with Crippen LogP contribution in [0.5, 0.6) is 0 Å². The summed E-state index contributed by atoms with van der Waals surface area (Å²) in [6.07, 6.45) is 0. The summed E-state index contributed by atoms with van der Waals surface area (Å²) in [7, 11) is 1.66. The van der Waals surface area contributed by atoms with E-state index in [0.29, 0.717) is 36.3 Å². The Morgan fingerprint density at radius 2 is 2.07 bits per heavy atom. The van der Waals surface area contributed by atoms with Crippen molar-refractivity contribution < 1.29 is 14.3 Å². The zero-order valence-corrected chi connectivity index (χ0v) is 18.0. The first kappa shape index (κ1) is 21.5. The van der Waals surface area contributed by atoms with Crippen molar-refractivity contribution in [3.63, 3.8) is 0 Å². The molecule has 0 radical (unpaired) electrons. The molecule has 0 bridgehead atoms. The summed E-state index contributed by atoms with van der Waals surface area (Å²) in [4.78, 5) is 23.8. The number of morpholine rings is 1. The number of benzene rings is 1. The second kappa shape index (κ2) is 10.6. The van der Waals surface area contributed by atoms with Crippen molar-refractivity contribution in [1.29, 1.82) is 0 Å². The number of rotatable bonds is 8. The van der Waals surface area contributed by atoms with Gasteiger partial charge < -0.3 is 19.7 Å². The minimum absolute atomic E-state index is 0.0557. The molecule has 1 aromatic carbocycles. The second-order valence-corrected chi connectivity index (χ2v) is 8.09. The zero-order valence-electron chi connectivity index (χ0n) is 17.2. The van der Waals surface area contributed by atoms with E-state index in [0.717, 1.165) is 30.2 Å². The number of nitrogens with one attached hydrogen (secondary N) is 1. The monoisotopic (exact) mass is 416 g/mol. The van der Waals surface area contributed by atoms with Gasteiger partial charge in [-0.2, -0.15) is 0 Å². The van der Waals surface area contributed by atoms with Gasteiger partial charge in [0.25, 0.3) is 5.91 Å². The smallest absolute Gasteiger partial charge is 0.251 e. The van der Waals surface area contributed by atoms with Gasteiger partial charge in [-0.3, -0.25) is 4.79 Å². The molecule has 8 heteroatoms. The molecule has 0 atom stereocenters. The predicted molar refractivity (Wildman–Crippen MR) is 114 cm³/mol. The zero-order chi connectivity index (χ0) is 20.6. The molecule has 0 spiro atoms. The Hall–Kier alpha value is -2.16. The molecule has 3 rings (SSSR count). The van der Waals surface area contributed by atoms with Gasteiger partial charge in [0.05, 0.1) is 25.5 Å². The van der Waals surface area contributed by atoms with Gasteiger partial charge in [-0.1, -0.05) is 23.9 Å². The number of carbonyl (C=O) groups is 1. The Bertz CT molecular complexity index is 825. The molecule has 1 fully saturated rings. The fourth-order valence-corrected chi connectivity index (χ4v) is 3.81. The van der Waals surface area contributed by atoms with Gasteiger partial charge in [-0.25, -0.2) is 9.97 Å². The first-order valence-electron chi connectivity index (χ1n) is 9.77. The highest BCUT2D eigenvalue weighted by atomic mass is 32.2. The highest BCUT2D eigenvalue weighted by molar-refractivity contribution is 7.98. The van der Waals surface area contributed by atoms with Gasteiger partial charge in [-0.15, -0.1) is 0 Å². The van der Waals surface area contributed by atoms with Gasteiger partial charge >= 0.3 is 0 Å². The number of carbonyl (C=O) groups excluding carboxylic acids is 1. The van der Waals surface area contributed by atoms with Gasteiger partial charge in [0.1, 0.15) is 5.82 Å². The SMILES string of the molecule is COCc1cc(N2CCOCC2)nc(SCc2cccc(C(=O)NC(C)C)c2)n1. The van der Waals surface area contributed by atoms with E-state index in [2.05, 4.69) is 15.2 Å². The first-order chi connectivity index (χ1) is 14.0. The van der Waals surface area contributed by atoms with Crippen LogP contribution in [0.3, 0.4) is 0 Å². The topological polar surface area (TPSA) is 76.6 Å². The number of anilines is 1. The lowest BCUT2D eigenvalue weighted by Gasteiger charge is -2.28. The van der Waals surface area contributed by atoms with Crippen LogP contribution < -0.4 is 10.2 Å². The van der Waals surface area contributed by atoms with E-state index in [9.17, 15) is 4.79 Å². The molecule has 2 heterocycles. The molecular formula is C21H28N4O3S. The number of amides is 1. The number of methoxy groups -OCH3 is 1. The minimum atomic E-state index is -0.0557. The normalized spacial score (nSPS) is 14.3. The van der Waals surface area contributed by atoms with Gasteiger partial charge in [0.2, 0.25) is 0 Å². The molecule has 1 aromatic heterocycles. The van der Waals surface area contributed by atoms with E-state index in [-0.39, 0.29) is 11.9 Å². The van der Waals surface area contributed by atoms with Crippen LogP contribution in [0.25, 0.3) is 0 Å². The van der Waals surface area contributed by atoms with Crippen LogP contribution in [0.1, 0.15) is 35.5 Å². The molecule has 0 unspecified atom stereocenters. The average molecular weight is 417 g/mol. The molecule has 7 nitrogen and oxygen atoms in total. The van der Waals surface area contributed by atoms with E-state index in [4.69, 9.17) is 14.5 Å². The summed E-state index contributed by atoms with van der Waals surface area (Å²) in [5.41, 5.74) is 2.58. The van der Waals surface area contributed by atoms with Crippen molar-refractivity contribution in [2.24, 2.45) is 0 Å². The maximum Gasteiger partial charge on any atom is 0.251 e. The number of thioether (sulfide) groups is 1. The average Bonchev–Trinajstić information content (AvgIpc) is 2.73. The Morgan fingerprint density at radius 1 is 1.28 bits per heavy atom. The Balaban J connectivity index is 1.72. The lowest BCUT2D eigenvalue weighted by Crippen LogP contribution is -2.37. The number of hydrogen-bond acceptors (Lipinski definition) is 7. The number of aromatic nitrogens is 2. The largest absolute Gasteiger partial charge is 0.378 e. The van der Waals surface area contributed by atoms with Crippen molar-refractivity contribution in [1.82, 2.24) is 15.3 Å². The maximum absolute atomic E-state index is 12.2. The van der Waals surface area contributed by atoms with Crippen molar-refractivity contribution in [3.8, 4) is 0 Å². The molecule has 156 valence electrons. The molecule has 29 heavy (non-hydrogen) atoms. The van der Waals surface area contributed by atoms with Crippen molar-refractivity contribution in [2.45, 2.75) is 37.4 Å².